The highest BCUT2D eigenvalue weighted by Gasteiger charge is 2.33. The summed E-state index contributed by atoms with van der Waals surface area (Å²) in [5.74, 6) is 0.171. The molecule has 0 aromatic carbocycles. The highest BCUT2D eigenvalue weighted by Crippen LogP contribution is 2.28. The Balaban J connectivity index is 2.47. The summed E-state index contributed by atoms with van der Waals surface area (Å²) < 4.78 is 11.3. The van der Waals surface area contributed by atoms with Crippen molar-refractivity contribution in [2.45, 2.75) is 52.4 Å². The smallest absolute Gasteiger partial charge is 0.163 e. The predicted octanol–water partition coefficient (Wildman–Crippen LogP) is 2.57. The molecular weight excluding hydrogens is 152 g/mol. The first kappa shape index (κ1) is 10.0. The summed E-state index contributed by atoms with van der Waals surface area (Å²) in [6.45, 7) is 9.19. The molecule has 2 unspecified atom stereocenters. The van der Waals surface area contributed by atoms with Gasteiger partial charge in [-0.3, -0.25) is 0 Å². The van der Waals surface area contributed by atoms with Crippen molar-refractivity contribution in [1.82, 2.24) is 0 Å². The molecule has 1 fully saturated rings. The van der Waals surface area contributed by atoms with Gasteiger partial charge in [-0.05, 0) is 20.3 Å². The quantitative estimate of drug-likeness (QED) is 0.637. The molecule has 0 amide bonds. The van der Waals surface area contributed by atoms with E-state index >= 15 is 0 Å². The summed E-state index contributed by atoms with van der Waals surface area (Å²) in [6, 6.07) is 0. The molecule has 0 saturated carbocycles. The SMILES string of the molecule is CCCC1OC(C)(C)OCC1C. The lowest BCUT2D eigenvalue weighted by molar-refractivity contribution is -0.291. The maximum atomic E-state index is 5.80. The topological polar surface area (TPSA) is 18.5 Å². The van der Waals surface area contributed by atoms with Gasteiger partial charge in [0.15, 0.2) is 5.79 Å². The largest absolute Gasteiger partial charge is 0.350 e. The van der Waals surface area contributed by atoms with E-state index in [0.29, 0.717) is 12.0 Å². The van der Waals surface area contributed by atoms with Crippen LogP contribution in [-0.2, 0) is 9.47 Å². The Morgan fingerprint density at radius 3 is 2.67 bits per heavy atom. The fourth-order valence-electron chi connectivity index (χ4n) is 1.58. The maximum absolute atomic E-state index is 5.80. The van der Waals surface area contributed by atoms with E-state index in [4.69, 9.17) is 9.47 Å². The highest BCUT2D eigenvalue weighted by molar-refractivity contribution is 4.74. The number of rotatable bonds is 2. The van der Waals surface area contributed by atoms with Gasteiger partial charge < -0.3 is 9.47 Å². The zero-order valence-corrected chi connectivity index (χ0v) is 8.59. The summed E-state index contributed by atoms with van der Waals surface area (Å²) >= 11 is 0. The van der Waals surface area contributed by atoms with E-state index in [1.54, 1.807) is 0 Å². The van der Waals surface area contributed by atoms with Gasteiger partial charge in [0.05, 0.1) is 12.7 Å². The van der Waals surface area contributed by atoms with Crippen LogP contribution >= 0.6 is 0 Å². The molecule has 1 rings (SSSR count). The molecule has 72 valence electrons. The predicted molar refractivity (Wildman–Crippen MR) is 49.0 cm³/mol. The van der Waals surface area contributed by atoms with Crippen LogP contribution in [0.15, 0.2) is 0 Å². The average molecular weight is 172 g/mol. The zero-order valence-electron chi connectivity index (χ0n) is 8.59. The minimum Gasteiger partial charge on any atom is -0.350 e. The molecule has 0 bridgehead atoms. The van der Waals surface area contributed by atoms with Gasteiger partial charge in [0.2, 0.25) is 0 Å². The standard InChI is InChI=1S/C10H20O2/c1-5-6-9-8(2)7-11-10(3,4)12-9/h8-9H,5-7H2,1-4H3. The van der Waals surface area contributed by atoms with Crippen molar-refractivity contribution >= 4 is 0 Å². The Morgan fingerprint density at radius 2 is 2.08 bits per heavy atom. The summed E-state index contributed by atoms with van der Waals surface area (Å²) in [5, 5.41) is 0. The Kier molecular flexibility index (Phi) is 3.13. The lowest BCUT2D eigenvalue weighted by Crippen LogP contribution is -2.44. The first-order valence-corrected chi connectivity index (χ1v) is 4.87. The van der Waals surface area contributed by atoms with Crippen LogP contribution in [0.25, 0.3) is 0 Å². The Morgan fingerprint density at radius 1 is 1.42 bits per heavy atom. The van der Waals surface area contributed by atoms with Gasteiger partial charge in [-0.1, -0.05) is 20.3 Å². The van der Waals surface area contributed by atoms with Crippen molar-refractivity contribution in [2.24, 2.45) is 5.92 Å². The van der Waals surface area contributed by atoms with Crippen LogP contribution in [0.2, 0.25) is 0 Å². The summed E-state index contributed by atoms with van der Waals surface area (Å²) in [4.78, 5) is 0. The number of ether oxygens (including phenoxy) is 2. The second-order valence-electron chi connectivity index (χ2n) is 4.13. The lowest BCUT2D eigenvalue weighted by atomic mass is 9.99. The molecule has 0 aliphatic carbocycles. The fraction of sp³-hybridized carbons (Fsp3) is 1.00. The molecule has 1 aliphatic rings. The van der Waals surface area contributed by atoms with Gasteiger partial charge in [-0.15, -0.1) is 0 Å². The molecular formula is C10H20O2. The van der Waals surface area contributed by atoms with E-state index in [2.05, 4.69) is 13.8 Å². The molecule has 0 aromatic heterocycles. The normalized spacial score (nSPS) is 35.0. The lowest BCUT2D eigenvalue weighted by Gasteiger charge is -2.39. The fourth-order valence-corrected chi connectivity index (χ4v) is 1.58. The van der Waals surface area contributed by atoms with E-state index in [1.807, 2.05) is 13.8 Å². The summed E-state index contributed by atoms with van der Waals surface area (Å²) in [7, 11) is 0. The van der Waals surface area contributed by atoms with E-state index in [0.717, 1.165) is 13.0 Å². The molecule has 2 heteroatoms. The van der Waals surface area contributed by atoms with Crippen LogP contribution < -0.4 is 0 Å². The second kappa shape index (κ2) is 3.75. The van der Waals surface area contributed by atoms with E-state index in [1.165, 1.54) is 6.42 Å². The number of hydrogen-bond acceptors (Lipinski definition) is 2. The van der Waals surface area contributed by atoms with Crippen molar-refractivity contribution < 1.29 is 9.47 Å². The van der Waals surface area contributed by atoms with E-state index in [9.17, 15) is 0 Å². The second-order valence-corrected chi connectivity index (χ2v) is 4.13. The van der Waals surface area contributed by atoms with Gasteiger partial charge in [-0.25, -0.2) is 0 Å². The van der Waals surface area contributed by atoms with Crippen molar-refractivity contribution in [2.75, 3.05) is 6.61 Å². The molecule has 2 atom stereocenters. The first-order chi connectivity index (χ1) is 5.55. The molecule has 1 aliphatic heterocycles. The van der Waals surface area contributed by atoms with Crippen LogP contribution in [0.5, 0.6) is 0 Å². The van der Waals surface area contributed by atoms with Crippen LogP contribution in [0.4, 0.5) is 0 Å². The third-order valence-electron chi connectivity index (χ3n) is 2.34. The average Bonchev–Trinajstić information content (AvgIpc) is 1.97. The van der Waals surface area contributed by atoms with Gasteiger partial charge in [0, 0.05) is 5.92 Å². The highest BCUT2D eigenvalue weighted by atomic mass is 16.7. The van der Waals surface area contributed by atoms with Crippen LogP contribution in [-0.4, -0.2) is 18.5 Å². The summed E-state index contributed by atoms with van der Waals surface area (Å²) in [6.07, 6.45) is 2.72. The van der Waals surface area contributed by atoms with Gasteiger partial charge in [0.25, 0.3) is 0 Å². The Bertz CT molecular complexity index is 143. The van der Waals surface area contributed by atoms with Gasteiger partial charge in [-0.2, -0.15) is 0 Å². The molecule has 0 aromatic rings. The van der Waals surface area contributed by atoms with Gasteiger partial charge in [0.1, 0.15) is 0 Å². The van der Waals surface area contributed by atoms with Crippen molar-refractivity contribution in [3.63, 3.8) is 0 Å². The molecule has 1 heterocycles. The van der Waals surface area contributed by atoms with Crippen LogP contribution in [0.1, 0.15) is 40.5 Å². The number of hydrogen-bond donors (Lipinski definition) is 0. The van der Waals surface area contributed by atoms with E-state index < -0.39 is 0 Å². The third kappa shape index (κ3) is 2.46. The third-order valence-corrected chi connectivity index (χ3v) is 2.34. The van der Waals surface area contributed by atoms with Crippen molar-refractivity contribution in [3.8, 4) is 0 Å². The zero-order chi connectivity index (χ0) is 9.19. The minimum atomic E-state index is -0.369. The first-order valence-electron chi connectivity index (χ1n) is 4.87. The van der Waals surface area contributed by atoms with Crippen molar-refractivity contribution in [1.29, 1.82) is 0 Å². The van der Waals surface area contributed by atoms with Gasteiger partial charge >= 0.3 is 0 Å². The Hall–Kier alpha value is -0.0800. The van der Waals surface area contributed by atoms with E-state index in [-0.39, 0.29) is 5.79 Å². The molecule has 2 nitrogen and oxygen atoms in total. The van der Waals surface area contributed by atoms with Crippen LogP contribution in [0.3, 0.4) is 0 Å². The molecule has 12 heavy (non-hydrogen) atoms. The monoisotopic (exact) mass is 172 g/mol. The molecule has 1 saturated heterocycles. The summed E-state index contributed by atoms with van der Waals surface area (Å²) in [5.41, 5.74) is 0. The van der Waals surface area contributed by atoms with Crippen LogP contribution in [0, 0.1) is 5.92 Å². The molecule has 0 radical (unpaired) electrons. The maximum Gasteiger partial charge on any atom is 0.163 e. The molecule has 0 spiro atoms. The molecule has 0 N–H and O–H groups in total. The Labute approximate surface area is 75.2 Å². The minimum absolute atomic E-state index is 0.369. The van der Waals surface area contributed by atoms with Crippen molar-refractivity contribution in [3.05, 3.63) is 0 Å².